The van der Waals surface area contributed by atoms with E-state index in [1.807, 2.05) is 0 Å². The fourth-order valence-corrected chi connectivity index (χ4v) is 3.39. The Labute approximate surface area is 122 Å². The summed E-state index contributed by atoms with van der Waals surface area (Å²) in [5.41, 5.74) is 0. The van der Waals surface area contributed by atoms with Crippen LogP contribution in [0.4, 0.5) is 0 Å². The molecule has 114 valence electrons. The third-order valence-electron chi connectivity index (χ3n) is 4.18. The average Bonchev–Trinajstić information content (AvgIpc) is 2.43. The van der Waals surface area contributed by atoms with Crippen LogP contribution in [0.15, 0.2) is 0 Å². The van der Waals surface area contributed by atoms with Crippen molar-refractivity contribution in [3.05, 3.63) is 0 Å². The Morgan fingerprint density at radius 1 is 0.947 bits per heavy atom. The molecular weight excluding hydrogens is 255 g/mol. The molecule has 2 nitrogen and oxygen atoms in total. The van der Waals surface area contributed by atoms with Crippen molar-refractivity contribution in [2.24, 2.45) is 11.8 Å². The first-order chi connectivity index (χ1) is 9.21. The Hall–Kier alpha value is 0.0600. The summed E-state index contributed by atoms with van der Waals surface area (Å²) in [5.74, 6) is 1.10. The monoisotopic (exact) mass is 289 g/mol. The molecular formula is C16H34O2P+. The van der Waals surface area contributed by atoms with Gasteiger partial charge in [0.05, 0.1) is 0 Å². The molecule has 4 unspecified atom stereocenters. The fraction of sp³-hybridized carbons (Fsp3) is 1.00. The van der Waals surface area contributed by atoms with Gasteiger partial charge in [-0.2, -0.15) is 0 Å². The lowest BCUT2D eigenvalue weighted by Crippen LogP contribution is -2.28. The van der Waals surface area contributed by atoms with Crippen LogP contribution in [-0.2, 0) is 9.09 Å². The minimum absolute atomic E-state index is 0.189. The van der Waals surface area contributed by atoms with Gasteiger partial charge >= 0.3 is 8.69 Å². The van der Waals surface area contributed by atoms with E-state index in [-0.39, 0.29) is 6.10 Å². The minimum atomic E-state index is -0.613. The normalized spacial score (nSPS) is 16.4. The molecule has 0 aromatic carbocycles. The first-order valence-electron chi connectivity index (χ1n) is 8.23. The molecule has 0 fully saturated rings. The number of hydrogen-bond donors (Lipinski definition) is 0. The third-order valence-corrected chi connectivity index (χ3v) is 4.54. The van der Waals surface area contributed by atoms with E-state index in [1.165, 1.54) is 51.4 Å². The van der Waals surface area contributed by atoms with Crippen LogP contribution in [0.3, 0.4) is 0 Å². The Morgan fingerprint density at radius 2 is 1.63 bits per heavy atom. The van der Waals surface area contributed by atoms with Crippen LogP contribution in [0, 0.1) is 11.8 Å². The fourth-order valence-electron chi connectivity index (χ4n) is 2.86. The van der Waals surface area contributed by atoms with Crippen molar-refractivity contribution in [1.29, 1.82) is 0 Å². The topological polar surface area (TPSA) is 26.3 Å². The molecule has 0 aromatic rings. The van der Waals surface area contributed by atoms with Gasteiger partial charge in [0, 0.05) is 0 Å². The van der Waals surface area contributed by atoms with Gasteiger partial charge in [-0.3, -0.25) is 0 Å². The van der Waals surface area contributed by atoms with Crippen molar-refractivity contribution < 1.29 is 9.09 Å². The maximum Gasteiger partial charge on any atom is 0.494 e. The summed E-state index contributed by atoms with van der Waals surface area (Å²) in [6.45, 7) is 8.97. The second-order valence-corrected chi connectivity index (χ2v) is 6.21. The number of hydrogen-bond acceptors (Lipinski definition) is 2. The molecule has 0 aliphatic rings. The molecule has 0 radical (unpaired) electrons. The molecule has 0 aromatic heterocycles. The van der Waals surface area contributed by atoms with E-state index in [0.29, 0.717) is 11.8 Å². The highest BCUT2D eigenvalue weighted by molar-refractivity contribution is 7.17. The van der Waals surface area contributed by atoms with Gasteiger partial charge in [0.25, 0.3) is 0 Å². The van der Waals surface area contributed by atoms with Crippen molar-refractivity contribution in [2.75, 3.05) is 0 Å². The molecule has 3 heteroatoms. The molecule has 0 aliphatic heterocycles. The first kappa shape index (κ1) is 19.1. The zero-order chi connectivity index (χ0) is 14.5. The first-order valence-corrected chi connectivity index (χ1v) is 9.05. The van der Waals surface area contributed by atoms with Crippen molar-refractivity contribution in [3.8, 4) is 0 Å². The Kier molecular flexibility index (Phi) is 13.1. The molecule has 0 rings (SSSR count). The minimum Gasteiger partial charge on any atom is -0.144 e. The van der Waals surface area contributed by atoms with E-state index >= 15 is 0 Å². The quantitative estimate of drug-likeness (QED) is 0.301. The molecule has 0 saturated carbocycles. The lowest BCUT2D eigenvalue weighted by Gasteiger charge is -2.26. The standard InChI is InChI=1S/C16H34O2P/c1-5-8-10-11-12-14(4)16(18-19-17)15(7-3)13-9-6-2/h14-16,19H,5-13H2,1-4H3/q+1. The molecule has 0 spiro atoms. The van der Waals surface area contributed by atoms with E-state index in [2.05, 4.69) is 27.7 Å². The van der Waals surface area contributed by atoms with Gasteiger partial charge in [-0.25, -0.2) is 0 Å². The van der Waals surface area contributed by atoms with Crippen LogP contribution in [0.25, 0.3) is 0 Å². The molecule has 0 bridgehead atoms. The van der Waals surface area contributed by atoms with Crippen molar-refractivity contribution in [1.82, 2.24) is 0 Å². The van der Waals surface area contributed by atoms with E-state index in [9.17, 15) is 4.57 Å². The molecule has 0 saturated heterocycles. The summed E-state index contributed by atoms with van der Waals surface area (Å²) in [4.78, 5) is 0. The highest BCUT2D eigenvalue weighted by atomic mass is 31.1. The molecule has 0 heterocycles. The summed E-state index contributed by atoms with van der Waals surface area (Å²) in [7, 11) is -0.613. The van der Waals surface area contributed by atoms with Crippen LogP contribution < -0.4 is 0 Å². The van der Waals surface area contributed by atoms with Crippen molar-refractivity contribution in [2.45, 2.75) is 91.6 Å². The van der Waals surface area contributed by atoms with E-state index < -0.39 is 8.69 Å². The smallest absolute Gasteiger partial charge is 0.144 e. The molecule has 0 amide bonds. The van der Waals surface area contributed by atoms with Gasteiger partial charge in [-0.15, -0.1) is 4.52 Å². The molecule has 19 heavy (non-hydrogen) atoms. The largest absolute Gasteiger partial charge is 0.494 e. The summed E-state index contributed by atoms with van der Waals surface area (Å²) < 4.78 is 16.5. The van der Waals surface area contributed by atoms with Crippen molar-refractivity contribution >= 4 is 8.69 Å². The highest BCUT2D eigenvalue weighted by Crippen LogP contribution is 2.30. The van der Waals surface area contributed by atoms with Crippen LogP contribution in [0.5, 0.6) is 0 Å². The lowest BCUT2D eigenvalue weighted by molar-refractivity contribution is 0.0809. The maximum atomic E-state index is 10.9. The molecule has 0 N–H and O–H groups in total. The second-order valence-electron chi connectivity index (χ2n) is 5.80. The lowest BCUT2D eigenvalue weighted by atomic mass is 9.84. The predicted molar refractivity (Wildman–Crippen MR) is 85.1 cm³/mol. The Bertz CT molecular complexity index is 209. The predicted octanol–water partition coefficient (Wildman–Crippen LogP) is 6.13. The van der Waals surface area contributed by atoms with Gasteiger partial charge in [-0.1, -0.05) is 72.6 Å². The number of unbranched alkanes of at least 4 members (excludes halogenated alkanes) is 4. The average molecular weight is 289 g/mol. The van der Waals surface area contributed by atoms with Crippen LogP contribution >= 0.6 is 8.69 Å². The third kappa shape index (κ3) is 8.76. The molecule has 0 aliphatic carbocycles. The van der Waals surface area contributed by atoms with E-state index in [4.69, 9.17) is 4.52 Å². The Morgan fingerprint density at radius 3 is 2.16 bits per heavy atom. The van der Waals surface area contributed by atoms with Gasteiger partial charge in [0.1, 0.15) is 6.10 Å². The van der Waals surface area contributed by atoms with Crippen LogP contribution in [-0.4, -0.2) is 6.10 Å². The van der Waals surface area contributed by atoms with Crippen LogP contribution in [0.2, 0.25) is 0 Å². The second kappa shape index (κ2) is 13.1. The summed E-state index contributed by atoms with van der Waals surface area (Å²) in [5, 5.41) is 0. The summed E-state index contributed by atoms with van der Waals surface area (Å²) in [6.07, 6.45) is 11.4. The Balaban J connectivity index is 4.27. The highest BCUT2D eigenvalue weighted by Gasteiger charge is 2.29. The summed E-state index contributed by atoms with van der Waals surface area (Å²) >= 11 is 0. The van der Waals surface area contributed by atoms with Gasteiger partial charge in [0.2, 0.25) is 0 Å². The molecule has 4 atom stereocenters. The van der Waals surface area contributed by atoms with Crippen molar-refractivity contribution in [3.63, 3.8) is 0 Å². The summed E-state index contributed by atoms with van der Waals surface area (Å²) in [6, 6.07) is 0. The van der Waals surface area contributed by atoms with E-state index in [1.54, 1.807) is 0 Å². The maximum absolute atomic E-state index is 10.9. The zero-order valence-electron chi connectivity index (χ0n) is 13.4. The van der Waals surface area contributed by atoms with Crippen LogP contribution in [0.1, 0.15) is 85.5 Å². The van der Waals surface area contributed by atoms with Gasteiger partial charge in [-0.05, 0) is 29.2 Å². The van der Waals surface area contributed by atoms with E-state index in [0.717, 1.165) is 6.42 Å². The SMILES string of the molecule is CCCCCCC(C)C(O[PH+]=O)C(CC)CCCC. The van der Waals surface area contributed by atoms with Gasteiger partial charge in [0.15, 0.2) is 0 Å². The zero-order valence-corrected chi connectivity index (χ0v) is 14.4. The van der Waals surface area contributed by atoms with Gasteiger partial charge < -0.3 is 0 Å². The number of rotatable bonds is 13.